The minimum atomic E-state index is -0.422. The number of nitrogens with zero attached hydrogens (tertiary/aromatic N) is 3. The van der Waals surface area contributed by atoms with E-state index in [0.717, 1.165) is 10.7 Å². The fraction of sp³-hybridized carbons (Fsp3) is 0.231. The number of hydrogen-bond donors (Lipinski definition) is 2. The Balaban J connectivity index is 1.85. The Hall–Kier alpha value is -2.48. The van der Waals surface area contributed by atoms with E-state index in [4.69, 9.17) is 0 Å². The van der Waals surface area contributed by atoms with Crippen molar-refractivity contribution in [2.45, 2.75) is 19.9 Å². The Morgan fingerprint density at radius 2 is 2.24 bits per heavy atom. The van der Waals surface area contributed by atoms with Gasteiger partial charge in [0.05, 0.1) is 22.0 Å². The van der Waals surface area contributed by atoms with Gasteiger partial charge in [0.15, 0.2) is 0 Å². The molecular formula is C13H13N5O2S. The molecule has 0 amide bonds. The van der Waals surface area contributed by atoms with E-state index in [0.29, 0.717) is 17.0 Å². The molecule has 0 fully saturated rings. The predicted molar refractivity (Wildman–Crippen MR) is 81.6 cm³/mol. The molecule has 0 aliphatic heterocycles. The first kappa shape index (κ1) is 13.5. The van der Waals surface area contributed by atoms with Crippen molar-refractivity contribution < 1.29 is 4.92 Å². The van der Waals surface area contributed by atoms with Gasteiger partial charge in [0.25, 0.3) is 5.69 Å². The third kappa shape index (κ3) is 2.70. The molecule has 0 aliphatic rings. The first-order valence-electron chi connectivity index (χ1n) is 6.35. The lowest BCUT2D eigenvalue weighted by molar-refractivity contribution is -0.384. The summed E-state index contributed by atoms with van der Waals surface area (Å²) in [6, 6.07) is 4.57. The number of nitro groups is 1. The van der Waals surface area contributed by atoms with Gasteiger partial charge in [-0.15, -0.1) is 11.3 Å². The van der Waals surface area contributed by atoms with Gasteiger partial charge in [-0.25, -0.2) is 9.97 Å². The van der Waals surface area contributed by atoms with Crippen molar-refractivity contribution in [1.29, 1.82) is 0 Å². The maximum absolute atomic E-state index is 10.8. The number of aromatic nitrogens is 3. The normalized spacial score (nSPS) is 12.5. The summed E-state index contributed by atoms with van der Waals surface area (Å²) in [5.74, 6) is 0.575. The van der Waals surface area contributed by atoms with Crippen LogP contribution in [-0.2, 0) is 0 Å². The van der Waals surface area contributed by atoms with E-state index in [1.54, 1.807) is 17.4 Å². The van der Waals surface area contributed by atoms with Gasteiger partial charge >= 0.3 is 0 Å². The summed E-state index contributed by atoms with van der Waals surface area (Å²) in [5.41, 5.74) is 2.35. The average molecular weight is 303 g/mol. The van der Waals surface area contributed by atoms with Crippen LogP contribution in [0.5, 0.6) is 0 Å². The number of nitrogens with one attached hydrogen (secondary N) is 2. The molecule has 2 aromatic heterocycles. The molecule has 1 unspecified atom stereocenters. The molecule has 0 radical (unpaired) electrons. The average Bonchev–Trinajstić information content (AvgIpc) is 3.03. The van der Waals surface area contributed by atoms with Gasteiger partial charge in [-0.3, -0.25) is 10.1 Å². The molecule has 3 rings (SSSR count). The maximum Gasteiger partial charge on any atom is 0.271 e. The largest absolute Gasteiger partial charge is 0.347 e. The molecule has 1 aromatic carbocycles. The second-order valence-electron chi connectivity index (χ2n) is 4.74. The molecule has 0 saturated carbocycles. The fourth-order valence-electron chi connectivity index (χ4n) is 2.02. The predicted octanol–water partition coefficient (Wildman–Crippen LogP) is 3.41. The highest BCUT2D eigenvalue weighted by molar-refractivity contribution is 7.09. The third-order valence-corrected chi connectivity index (χ3v) is 4.18. The Kier molecular flexibility index (Phi) is 3.30. The highest BCUT2D eigenvalue weighted by atomic mass is 32.1. The van der Waals surface area contributed by atoms with E-state index in [9.17, 15) is 10.1 Å². The molecule has 0 spiro atoms. The van der Waals surface area contributed by atoms with Crippen molar-refractivity contribution in [3.8, 4) is 0 Å². The Bertz CT molecular complexity index is 810. The van der Waals surface area contributed by atoms with Crippen molar-refractivity contribution in [2.24, 2.45) is 0 Å². The molecule has 8 heteroatoms. The molecule has 0 saturated heterocycles. The molecular weight excluding hydrogens is 290 g/mol. The Morgan fingerprint density at radius 3 is 2.90 bits per heavy atom. The number of anilines is 1. The molecule has 3 aromatic rings. The summed E-state index contributed by atoms with van der Waals surface area (Å²) < 4.78 is 0. The van der Waals surface area contributed by atoms with Crippen LogP contribution in [0.4, 0.5) is 11.6 Å². The highest BCUT2D eigenvalue weighted by Crippen LogP contribution is 2.24. The number of benzene rings is 1. The van der Waals surface area contributed by atoms with Crippen LogP contribution >= 0.6 is 11.3 Å². The van der Waals surface area contributed by atoms with Gasteiger partial charge in [0.2, 0.25) is 5.95 Å². The lowest BCUT2D eigenvalue weighted by atomic mass is 10.3. The number of aromatic amines is 1. The van der Waals surface area contributed by atoms with Gasteiger partial charge in [0.1, 0.15) is 5.01 Å². The zero-order valence-corrected chi connectivity index (χ0v) is 12.3. The zero-order chi connectivity index (χ0) is 15.0. The van der Waals surface area contributed by atoms with E-state index in [1.807, 2.05) is 19.2 Å². The number of thiazole rings is 1. The highest BCUT2D eigenvalue weighted by Gasteiger charge is 2.13. The van der Waals surface area contributed by atoms with Crippen LogP contribution < -0.4 is 5.32 Å². The molecule has 21 heavy (non-hydrogen) atoms. The standard InChI is InChI=1S/C13H13N5O2S/c1-7-6-21-12(14-7)8(2)15-13-16-10-4-3-9(18(19)20)5-11(10)17-13/h3-6,8H,1-2H3,(H2,15,16,17). The van der Waals surface area contributed by atoms with E-state index in [2.05, 4.69) is 20.3 Å². The van der Waals surface area contributed by atoms with Gasteiger partial charge < -0.3 is 10.3 Å². The van der Waals surface area contributed by atoms with E-state index < -0.39 is 4.92 Å². The second kappa shape index (κ2) is 5.13. The van der Waals surface area contributed by atoms with Crippen LogP contribution in [0.1, 0.15) is 23.7 Å². The summed E-state index contributed by atoms with van der Waals surface area (Å²) in [6.07, 6.45) is 0. The van der Waals surface area contributed by atoms with Crippen LogP contribution in [0.15, 0.2) is 23.6 Å². The van der Waals surface area contributed by atoms with Gasteiger partial charge in [0, 0.05) is 23.2 Å². The monoisotopic (exact) mass is 303 g/mol. The minimum absolute atomic E-state index is 0.0132. The van der Waals surface area contributed by atoms with E-state index in [-0.39, 0.29) is 11.7 Å². The van der Waals surface area contributed by atoms with Crippen LogP contribution in [-0.4, -0.2) is 19.9 Å². The van der Waals surface area contributed by atoms with Gasteiger partial charge in [-0.1, -0.05) is 0 Å². The lowest BCUT2D eigenvalue weighted by Gasteiger charge is -2.09. The van der Waals surface area contributed by atoms with Crippen molar-refractivity contribution in [3.05, 3.63) is 44.4 Å². The SMILES string of the molecule is Cc1csc(C(C)Nc2nc3ccc([N+](=O)[O-])cc3[nH]2)n1. The second-order valence-corrected chi connectivity index (χ2v) is 5.63. The van der Waals surface area contributed by atoms with Crippen molar-refractivity contribution >= 4 is 34.0 Å². The fourth-order valence-corrected chi connectivity index (χ4v) is 2.82. The summed E-state index contributed by atoms with van der Waals surface area (Å²) in [7, 11) is 0. The first-order valence-corrected chi connectivity index (χ1v) is 7.23. The van der Waals surface area contributed by atoms with Gasteiger partial charge in [-0.05, 0) is 19.9 Å². The van der Waals surface area contributed by atoms with Crippen molar-refractivity contribution in [3.63, 3.8) is 0 Å². The lowest BCUT2D eigenvalue weighted by Crippen LogP contribution is -2.07. The number of rotatable bonds is 4. The van der Waals surface area contributed by atoms with Crippen LogP contribution in [0, 0.1) is 17.0 Å². The minimum Gasteiger partial charge on any atom is -0.347 e. The molecule has 1 atom stereocenters. The molecule has 0 aliphatic carbocycles. The first-order chi connectivity index (χ1) is 10.0. The van der Waals surface area contributed by atoms with E-state index in [1.165, 1.54) is 12.1 Å². The Morgan fingerprint density at radius 1 is 1.43 bits per heavy atom. The summed E-state index contributed by atoms with van der Waals surface area (Å²) in [5, 5.41) is 17.0. The van der Waals surface area contributed by atoms with Crippen LogP contribution in [0.2, 0.25) is 0 Å². The number of nitro benzene ring substituents is 1. The molecule has 0 bridgehead atoms. The summed E-state index contributed by atoms with van der Waals surface area (Å²) in [4.78, 5) is 22.2. The number of non-ortho nitro benzene ring substituents is 1. The topological polar surface area (TPSA) is 96.7 Å². The number of imidazole rings is 1. The number of hydrogen-bond acceptors (Lipinski definition) is 6. The zero-order valence-electron chi connectivity index (χ0n) is 11.5. The van der Waals surface area contributed by atoms with Crippen LogP contribution in [0.25, 0.3) is 11.0 Å². The molecule has 7 nitrogen and oxygen atoms in total. The smallest absolute Gasteiger partial charge is 0.271 e. The molecule has 108 valence electrons. The number of H-pyrrole nitrogens is 1. The van der Waals surface area contributed by atoms with Crippen LogP contribution in [0.3, 0.4) is 0 Å². The summed E-state index contributed by atoms with van der Waals surface area (Å²) in [6.45, 7) is 3.95. The van der Waals surface area contributed by atoms with Crippen molar-refractivity contribution in [2.75, 3.05) is 5.32 Å². The Labute approximate surface area is 124 Å². The number of aryl methyl sites for hydroxylation is 1. The van der Waals surface area contributed by atoms with E-state index >= 15 is 0 Å². The van der Waals surface area contributed by atoms with Crippen molar-refractivity contribution in [1.82, 2.24) is 15.0 Å². The number of fused-ring (bicyclic) bond motifs is 1. The molecule has 2 N–H and O–H groups in total. The molecule has 2 heterocycles. The summed E-state index contributed by atoms with van der Waals surface area (Å²) >= 11 is 1.59. The maximum atomic E-state index is 10.8. The third-order valence-electron chi connectivity index (χ3n) is 3.04. The van der Waals surface area contributed by atoms with Gasteiger partial charge in [-0.2, -0.15) is 0 Å². The quantitative estimate of drug-likeness (QED) is 0.568.